The van der Waals surface area contributed by atoms with E-state index in [9.17, 15) is 9.59 Å². The molecule has 1 heterocycles. The highest BCUT2D eigenvalue weighted by atomic mass is 35.5. The van der Waals surface area contributed by atoms with Crippen LogP contribution in [0, 0.1) is 0 Å². The molecule has 166 valence electrons. The summed E-state index contributed by atoms with van der Waals surface area (Å²) in [5.41, 5.74) is 2.74. The van der Waals surface area contributed by atoms with Crippen molar-refractivity contribution < 1.29 is 23.8 Å². The number of nitrogens with zero attached hydrogens (tertiary/aromatic N) is 1. The molecule has 2 amide bonds. The average Bonchev–Trinajstić information content (AvgIpc) is 3.12. The van der Waals surface area contributed by atoms with Gasteiger partial charge in [0.25, 0.3) is 5.91 Å². The van der Waals surface area contributed by atoms with Crippen molar-refractivity contribution in [2.75, 3.05) is 13.7 Å². The van der Waals surface area contributed by atoms with Crippen molar-refractivity contribution in [1.82, 2.24) is 4.90 Å². The second-order valence-corrected chi connectivity index (χ2v) is 8.05. The van der Waals surface area contributed by atoms with E-state index in [4.69, 9.17) is 25.8 Å². The van der Waals surface area contributed by atoms with Crippen molar-refractivity contribution in [1.29, 1.82) is 0 Å². The molecule has 0 aliphatic carbocycles. The van der Waals surface area contributed by atoms with Gasteiger partial charge in [-0.2, -0.15) is 0 Å². The first kappa shape index (κ1) is 23.1. The van der Waals surface area contributed by atoms with Crippen molar-refractivity contribution >= 4 is 23.6 Å². The van der Waals surface area contributed by atoms with E-state index in [1.807, 2.05) is 62.4 Å². The number of hydrogen-bond donors (Lipinski definition) is 0. The summed E-state index contributed by atoms with van der Waals surface area (Å²) in [6, 6.07) is 15.0. The van der Waals surface area contributed by atoms with E-state index in [1.165, 1.54) is 4.90 Å². The molecule has 2 atom stereocenters. The molecule has 0 bridgehead atoms. The zero-order valence-electron chi connectivity index (χ0n) is 18.0. The third-order valence-electron chi connectivity index (χ3n) is 5.13. The fourth-order valence-corrected chi connectivity index (χ4v) is 3.93. The largest absolute Gasteiger partial charge is 0.496 e. The number of methoxy groups -OCH3 is 1. The lowest BCUT2D eigenvalue weighted by atomic mass is 10.0. The molecule has 1 fully saturated rings. The Kier molecular flexibility index (Phi) is 7.93. The van der Waals surface area contributed by atoms with Crippen molar-refractivity contribution in [2.45, 2.75) is 50.8 Å². The minimum Gasteiger partial charge on any atom is -0.496 e. The van der Waals surface area contributed by atoms with Crippen molar-refractivity contribution in [2.24, 2.45) is 0 Å². The SMILES string of the molecule is COc1ccc(CC(OC(C)C)C(=O)N2C(=O)OCC2Cc2ccccc2)cc1CCl. The number of hydrogen-bond acceptors (Lipinski definition) is 5. The summed E-state index contributed by atoms with van der Waals surface area (Å²) in [5, 5.41) is 0. The van der Waals surface area contributed by atoms with Crippen LogP contribution in [0.1, 0.15) is 30.5 Å². The van der Waals surface area contributed by atoms with Gasteiger partial charge in [-0.15, -0.1) is 11.6 Å². The average molecular weight is 446 g/mol. The van der Waals surface area contributed by atoms with E-state index in [-0.39, 0.29) is 30.5 Å². The van der Waals surface area contributed by atoms with Crippen LogP contribution in [0.25, 0.3) is 0 Å². The predicted molar refractivity (Wildman–Crippen MR) is 118 cm³/mol. The summed E-state index contributed by atoms with van der Waals surface area (Å²) in [5.74, 6) is 0.593. The molecule has 0 N–H and O–H groups in total. The first-order chi connectivity index (χ1) is 14.9. The Morgan fingerprint density at radius 3 is 2.58 bits per heavy atom. The number of carbonyl (C=O) groups is 2. The van der Waals surface area contributed by atoms with Gasteiger partial charge in [-0.05, 0) is 37.5 Å². The van der Waals surface area contributed by atoms with Crippen LogP contribution < -0.4 is 4.74 Å². The molecule has 7 heteroatoms. The Morgan fingerprint density at radius 2 is 1.94 bits per heavy atom. The van der Waals surface area contributed by atoms with Crippen LogP contribution in [-0.2, 0) is 33.0 Å². The minimum absolute atomic E-state index is 0.173. The number of alkyl halides is 1. The Bertz CT molecular complexity index is 902. The van der Waals surface area contributed by atoms with E-state index in [0.717, 1.165) is 16.7 Å². The maximum Gasteiger partial charge on any atom is 0.417 e. The standard InChI is InChI=1S/C24H28ClNO5/c1-16(2)31-22(13-18-9-10-21(29-3)19(11-18)14-25)23(27)26-20(15-30-24(26)28)12-17-7-5-4-6-8-17/h4-11,16,20,22H,12-15H2,1-3H3. The molecular formula is C24H28ClNO5. The van der Waals surface area contributed by atoms with Gasteiger partial charge in [-0.3, -0.25) is 4.79 Å². The number of carbonyl (C=O) groups excluding carboxylic acids is 2. The summed E-state index contributed by atoms with van der Waals surface area (Å²) in [6.07, 6.45) is -0.788. The van der Waals surface area contributed by atoms with E-state index in [1.54, 1.807) is 7.11 Å². The predicted octanol–water partition coefficient (Wildman–Crippen LogP) is 4.36. The van der Waals surface area contributed by atoms with E-state index < -0.39 is 12.2 Å². The summed E-state index contributed by atoms with van der Waals surface area (Å²) in [6.45, 7) is 3.90. The van der Waals surface area contributed by atoms with Crippen LogP contribution in [-0.4, -0.2) is 48.9 Å². The van der Waals surface area contributed by atoms with Crippen molar-refractivity contribution in [3.8, 4) is 5.75 Å². The topological polar surface area (TPSA) is 65.1 Å². The van der Waals surface area contributed by atoms with Gasteiger partial charge >= 0.3 is 6.09 Å². The molecule has 2 unspecified atom stereocenters. The normalized spacial score (nSPS) is 17.0. The van der Waals surface area contributed by atoms with Crippen LogP contribution in [0.2, 0.25) is 0 Å². The fourth-order valence-electron chi connectivity index (χ4n) is 3.72. The minimum atomic E-state index is -0.819. The van der Waals surface area contributed by atoms with Crippen LogP contribution in [0.3, 0.4) is 0 Å². The summed E-state index contributed by atoms with van der Waals surface area (Å²) < 4.78 is 16.5. The van der Waals surface area contributed by atoms with E-state index in [0.29, 0.717) is 18.6 Å². The van der Waals surface area contributed by atoms with Gasteiger partial charge in [0.1, 0.15) is 18.5 Å². The second-order valence-electron chi connectivity index (χ2n) is 7.79. The molecule has 0 aromatic heterocycles. The van der Waals surface area contributed by atoms with Gasteiger partial charge < -0.3 is 14.2 Å². The summed E-state index contributed by atoms with van der Waals surface area (Å²) in [4.78, 5) is 27.1. The van der Waals surface area contributed by atoms with Gasteiger partial charge in [0.15, 0.2) is 0 Å². The monoisotopic (exact) mass is 445 g/mol. The molecule has 2 aromatic carbocycles. The summed E-state index contributed by atoms with van der Waals surface area (Å²) >= 11 is 6.04. The quantitative estimate of drug-likeness (QED) is 0.536. The third kappa shape index (κ3) is 5.77. The number of amides is 2. The lowest BCUT2D eigenvalue weighted by molar-refractivity contribution is -0.144. The fraction of sp³-hybridized carbons (Fsp3) is 0.417. The molecule has 2 aromatic rings. The van der Waals surface area contributed by atoms with Crippen molar-refractivity contribution in [3.63, 3.8) is 0 Å². The molecule has 1 aliphatic rings. The lowest BCUT2D eigenvalue weighted by Crippen LogP contribution is -2.47. The second kappa shape index (κ2) is 10.6. The van der Waals surface area contributed by atoms with Gasteiger partial charge in [0.2, 0.25) is 0 Å². The highest BCUT2D eigenvalue weighted by Crippen LogP contribution is 2.25. The van der Waals surface area contributed by atoms with E-state index in [2.05, 4.69) is 0 Å². The van der Waals surface area contributed by atoms with Gasteiger partial charge in [-0.1, -0.05) is 42.5 Å². The van der Waals surface area contributed by atoms with Crippen LogP contribution in [0.15, 0.2) is 48.5 Å². The Balaban J connectivity index is 1.82. The molecule has 1 saturated heterocycles. The molecule has 1 aliphatic heterocycles. The Hall–Kier alpha value is -2.57. The van der Waals surface area contributed by atoms with Crippen molar-refractivity contribution in [3.05, 3.63) is 65.2 Å². The van der Waals surface area contributed by atoms with Gasteiger partial charge in [0.05, 0.1) is 25.1 Å². The van der Waals surface area contributed by atoms with Gasteiger partial charge in [-0.25, -0.2) is 9.69 Å². The zero-order chi connectivity index (χ0) is 22.4. The number of halogens is 1. The molecule has 0 radical (unpaired) electrons. The third-order valence-corrected chi connectivity index (χ3v) is 5.42. The Morgan fingerprint density at radius 1 is 1.19 bits per heavy atom. The summed E-state index contributed by atoms with van der Waals surface area (Å²) in [7, 11) is 1.59. The molecule has 3 rings (SSSR count). The maximum absolute atomic E-state index is 13.4. The van der Waals surface area contributed by atoms with Gasteiger partial charge in [0, 0.05) is 12.0 Å². The molecule has 6 nitrogen and oxygen atoms in total. The highest BCUT2D eigenvalue weighted by molar-refractivity contribution is 6.17. The number of ether oxygens (including phenoxy) is 3. The molecule has 0 spiro atoms. The van der Waals surface area contributed by atoms with Crippen LogP contribution >= 0.6 is 11.6 Å². The maximum atomic E-state index is 13.4. The Labute approximate surface area is 188 Å². The zero-order valence-corrected chi connectivity index (χ0v) is 18.8. The highest BCUT2D eigenvalue weighted by Gasteiger charge is 2.41. The number of rotatable bonds is 9. The number of benzene rings is 2. The molecule has 31 heavy (non-hydrogen) atoms. The number of imide groups is 1. The molecular weight excluding hydrogens is 418 g/mol. The molecule has 0 saturated carbocycles. The first-order valence-corrected chi connectivity index (χ1v) is 10.9. The van der Waals surface area contributed by atoms with Crippen LogP contribution in [0.5, 0.6) is 5.75 Å². The lowest BCUT2D eigenvalue weighted by Gasteiger charge is -2.26. The van der Waals surface area contributed by atoms with E-state index >= 15 is 0 Å². The smallest absolute Gasteiger partial charge is 0.417 e. The van der Waals surface area contributed by atoms with Crippen LogP contribution in [0.4, 0.5) is 4.79 Å². The number of cyclic esters (lactones) is 1. The first-order valence-electron chi connectivity index (χ1n) is 10.3.